The van der Waals surface area contributed by atoms with Crippen molar-refractivity contribution in [3.8, 4) is 5.75 Å². The highest BCUT2D eigenvalue weighted by Gasteiger charge is 2.13. The van der Waals surface area contributed by atoms with Gasteiger partial charge in [0.15, 0.2) is 0 Å². The molecular formula is C13H22N2O2. The number of hydrogen-bond acceptors (Lipinski definition) is 4. The van der Waals surface area contributed by atoms with Crippen LogP contribution in [0.25, 0.3) is 0 Å². The third kappa shape index (κ3) is 3.98. The highest BCUT2D eigenvalue weighted by Crippen LogP contribution is 2.24. The Balaban J connectivity index is 2.75. The molecule has 0 aliphatic heterocycles. The standard InChI is InChI=1S/C13H22N2O2/c1-9-12(16)11(5-14)10(6-15-9)7-17-8-13(2,3)4/h6,16H,5,7-8,14H2,1-4H3. The quantitative estimate of drug-likeness (QED) is 0.843. The molecular weight excluding hydrogens is 216 g/mol. The Kier molecular flexibility index (Phi) is 4.48. The molecule has 3 N–H and O–H groups in total. The van der Waals surface area contributed by atoms with Crippen molar-refractivity contribution in [2.75, 3.05) is 6.61 Å². The lowest BCUT2D eigenvalue weighted by molar-refractivity contribution is 0.0592. The van der Waals surface area contributed by atoms with E-state index in [1.807, 2.05) is 0 Å². The van der Waals surface area contributed by atoms with Crippen LogP contribution >= 0.6 is 0 Å². The van der Waals surface area contributed by atoms with Gasteiger partial charge in [-0.25, -0.2) is 0 Å². The lowest BCUT2D eigenvalue weighted by Gasteiger charge is -2.19. The maximum atomic E-state index is 9.84. The maximum absolute atomic E-state index is 9.84. The fourth-order valence-electron chi connectivity index (χ4n) is 1.50. The van der Waals surface area contributed by atoms with Gasteiger partial charge >= 0.3 is 0 Å². The third-order valence-corrected chi connectivity index (χ3v) is 2.43. The van der Waals surface area contributed by atoms with Crippen LogP contribution in [0.5, 0.6) is 5.75 Å². The Morgan fingerprint density at radius 2 is 2.06 bits per heavy atom. The molecule has 1 aromatic rings. The van der Waals surface area contributed by atoms with Crippen LogP contribution in [0, 0.1) is 12.3 Å². The normalized spacial score (nSPS) is 11.8. The van der Waals surface area contributed by atoms with Crippen LogP contribution in [0.3, 0.4) is 0 Å². The molecule has 0 spiro atoms. The van der Waals surface area contributed by atoms with Gasteiger partial charge in [-0.05, 0) is 12.3 Å². The predicted octanol–water partition coefficient (Wildman–Crippen LogP) is 2.12. The van der Waals surface area contributed by atoms with E-state index >= 15 is 0 Å². The van der Waals surface area contributed by atoms with E-state index in [4.69, 9.17) is 10.5 Å². The minimum absolute atomic E-state index is 0.128. The number of aromatic hydroxyl groups is 1. The zero-order chi connectivity index (χ0) is 13.1. The third-order valence-electron chi connectivity index (χ3n) is 2.43. The molecule has 0 atom stereocenters. The molecule has 0 saturated heterocycles. The first-order valence-corrected chi connectivity index (χ1v) is 5.79. The summed E-state index contributed by atoms with van der Waals surface area (Å²) in [5.41, 5.74) is 7.95. The Hall–Kier alpha value is -1.13. The largest absolute Gasteiger partial charge is 0.506 e. The second-order valence-electron chi connectivity index (χ2n) is 5.45. The molecule has 4 heteroatoms. The summed E-state index contributed by atoms with van der Waals surface area (Å²) < 4.78 is 5.61. The molecule has 0 aliphatic rings. The Morgan fingerprint density at radius 3 is 2.59 bits per heavy atom. The minimum atomic E-state index is 0.128. The van der Waals surface area contributed by atoms with E-state index in [0.29, 0.717) is 25.5 Å². The number of aromatic nitrogens is 1. The minimum Gasteiger partial charge on any atom is -0.506 e. The smallest absolute Gasteiger partial charge is 0.141 e. The molecule has 1 heterocycles. The lowest BCUT2D eigenvalue weighted by atomic mass is 9.99. The lowest BCUT2D eigenvalue weighted by Crippen LogP contribution is -2.15. The van der Waals surface area contributed by atoms with Crippen molar-refractivity contribution < 1.29 is 9.84 Å². The number of rotatable bonds is 4. The monoisotopic (exact) mass is 238 g/mol. The van der Waals surface area contributed by atoms with Crippen molar-refractivity contribution in [3.05, 3.63) is 23.0 Å². The maximum Gasteiger partial charge on any atom is 0.141 e. The van der Waals surface area contributed by atoms with Crippen molar-refractivity contribution >= 4 is 0 Å². The zero-order valence-corrected chi connectivity index (χ0v) is 11.1. The molecule has 1 rings (SSSR count). The Labute approximate surface area is 103 Å². The average Bonchev–Trinajstić information content (AvgIpc) is 2.22. The van der Waals surface area contributed by atoms with Gasteiger partial charge in [-0.3, -0.25) is 4.98 Å². The van der Waals surface area contributed by atoms with E-state index in [0.717, 1.165) is 11.1 Å². The molecule has 0 saturated carbocycles. The molecule has 17 heavy (non-hydrogen) atoms. The number of pyridine rings is 1. The molecule has 4 nitrogen and oxygen atoms in total. The Bertz CT molecular complexity index is 384. The number of nitrogens with two attached hydrogens (primary N) is 1. The molecule has 0 unspecified atom stereocenters. The van der Waals surface area contributed by atoms with Crippen molar-refractivity contribution in [3.63, 3.8) is 0 Å². The van der Waals surface area contributed by atoms with Gasteiger partial charge in [-0.15, -0.1) is 0 Å². The zero-order valence-electron chi connectivity index (χ0n) is 11.1. The van der Waals surface area contributed by atoms with Crippen molar-refractivity contribution in [2.24, 2.45) is 11.1 Å². The molecule has 96 valence electrons. The SMILES string of the molecule is Cc1ncc(COCC(C)(C)C)c(CN)c1O. The second-order valence-corrected chi connectivity index (χ2v) is 5.45. The molecule has 0 amide bonds. The second kappa shape index (κ2) is 5.47. The summed E-state index contributed by atoms with van der Waals surface area (Å²) in [7, 11) is 0. The highest BCUT2D eigenvalue weighted by atomic mass is 16.5. The van der Waals surface area contributed by atoms with Gasteiger partial charge in [-0.1, -0.05) is 20.8 Å². The summed E-state index contributed by atoms with van der Waals surface area (Å²) in [6.45, 7) is 9.49. The van der Waals surface area contributed by atoms with Gasteiger partial charge < -0.3 is 15.6 Å². The molecule has 0 aromatic carbocycles. The van der Waals surface area contributed by atoms with Crippen LogP contribution in [-0.2, 0) is 17.9 Å². The average molecular weight is 238 g/mol. The molecule has 0 aliphatic carbocycles. The molecule has 0 radical (unpaired) electrons. The fraction of sp³-hybridized carbons (Fsp3) is 0.615. The fourth-order valence-corrected chi connectivity index (χ4v) is 1.50. The molecule has 1 aromatic heterocycles. The summed E-state index contributed by atoms with van der Waals surface area (Å²) in [5.74, 6) is 0.185. The number of nitrogens with zero attached hydrogens (tertiary/aromatic N) is 1. The first-order valence-electron chi connectivity index (χ1n) is 5.79. The van der Waals surface area contributed by atoms with E-state index in [9.17, 15) is 5.11 Å². The van der Waals surface area contributed by atoms with Crippen LogP contribution in [0.1, 0.15) is 37.6 Å². The van der Waals surface area contributed by atoms with Gasteiger partial charge in [0.2, 0.25) is 0 Å². The van der Waals surface area contributed by atoms with Gasteiger partial charge in [0.25, 0.3) is 0 Å². The van der Waals surface area contributed by atoms with Gasteiger partial charge in [0.1, 0.15) is 5.75 Å². The van der Waals surface area contributed by atoms with Crippen LogP contribution in [0.15, 0.2) is 6.20 Å². The van der Waals surface area contributed by atoms with Gasteiger partial charge in [-0.2, -0.15) is 0 Å². The first kappa shape index (κ1) is 13.9. The highest BCUT2D eigenvalue weighted by molar-refractivity contribution is 5.40. The Morgan fingerprint density at radius 1 is 1.41 bits per heavy atom. The predicted molar refractivity (Wildman–Crippen MR) is 67.6 cm³/mol. The number of aryl methyl sites for hydroxylation is 1. The summed E-state index contributed by atoms with van der Waals surface area (Å²) in [5, 5.41) is 9.84. The van der Waals surface area contributed by atoms with Crippen LogP contribution in [0.2, 0.25) is 0 Å². The van der Waals surface area contributed by atoms with Crippen LogP contribution in [-0.4, -0.2) is 16.7 Å². The summed E-state index contributed by atoms with van der Waals surface area (Å²) in [6.07, 6.45) is 1.72. The van der Waals surface area contributed by atoms with Gasteiger partial charge in [0.05, 0.1) is 18.9 Å². The summed E-state index contributed by atoms with van der Waals surface area (Å²) in [6, 6.07) is 0. The molecule has 0 bridgehead atoms. The molecule has 0 fully saturated rings. The van der Waals surface area contributed by atoms with Crippen LogP contribution < -0.4 is 5.73 Å². The van der Waals surface area contributed by atoms with Crippen LogP contribution in [0.4, 0.5) is 0 Å². The van der Waals surface area contributed by atoms with E-state index < -0.39 is 0 Å². The van der Waals surface area contributed by atoms with Crippen molar-refractivity contribution in [2.45, 2.75) is 40.8 Å². The first-order chi connectivity index (χ1) is 7.85. The van der Waals surface area contributed by atoms with E-state index in [2.05, 4.69) is 25.8 Å². The number of ether oxygens (including phenoxy) is 1. The summed E-state index contributed by atoms with van der Waals surface area (Å²) >= 11 is 0. The van der Waals surface area contributed by atoms with E-state index in [1.54, 1.807) is 13.1 Å². The summed E-state index contributed by atoms with van der Waals surface area (Å²) in [4.78, 5) is 4.12. The van der Waals surface area contributed by atoms with E-state index in [1.165, 1.54) is 0 Å². The van der Waals surface area contributed by atoms with Crippen molar-refractivity contribution in [1.29, 1.82) is 0 Å². The van der Waals surface area contributed by atoms with Crippen molar-refractivity contribution in [1.82, 2.24) is 4.98 Å². The number of hydrogen-bond donors (Lipinski definition) is 2. The van der Waals surface area contributed by atoms with Gasteiger partial charge in [0, 0.05) is 23.9 Å². The van der Waals surface area contributed by atoms with E-state index in [-0.39, 0.29) is 11.2 Å². The topological polar surface area (TPSA) is 68.4 Å².